The van der Waals surface area contributed by atoms with Crippen LogP contribution in [0, 0.1) is 21.4 Å². The van der Waals surface area contributed by atoms with Crippen molar-refractivity contribution in [3.8, 4) is 11.8 Å². The number of benzene rings is 1. The highest BCUT2D eigenvalue weighted by molar-refractivity contribution is 5.37. The van der Waals surface area contributed by atoms with E-state index in [2.05, 4.69) is 0 Å². The molecular formula is C11H12N2O3. The predicted octanol–water partition coefficient (Wildman–Crippen LogP) is 2.67. The van der Waals surface area contributed by atoms with Gasteiger partial charge in [-0.05, 0) is 18.9 Å². The van der Waals surface area contributed by atoms with Gasteiger partial charge in [0.25, 0.3) is 5.69 Å². The van der Waals surface area contributed by atoms with Crippen molar-refractivity contribution in [2.24, 2.45) is 0 Å². The lowest BCUT2D eigenvalue weighted by Crippen LogP contribution is -1.97. The van der Waals surface area contributed by atoms with Crippen LogP contribution in [-0.4, -0.2) is 11.5 Å². The fourth-order valence-corrected chi connectivity index (χ4v) is 1.18. The highest BCUT2D eigenvalue weighted by Crippen LogP contribution is 2.19. The Balaban J connectivity index is 2.39. The van der Waals surface area contributed by atoms with Crippen LogP contribution in [0.15, 0.2) is 24.3 Å². The molecule has 0 heterocycles. The molecule has 0 aliphatic heterocycles. The lowest BCUT2D eigenvalue weighted by atomic mass is 10.2. The van der Waals surface area contributed by atoms with E-state index in [4.69, 9.17) is 10.00 Å². The van der Waals surface area contributed by atoms with Crippen molar-refractivity contribution in [1.29, 1.82) is 5.26 Å². The summed E-state index contributed by atoms with van der Waals surface area (Å²) in [5, 5.41) is 18.8. The Morgan fingerprint density at radius 2 is 2.25 bits per heavy atom. The molecule has 0 fully saturated rings. The van der Waals surface area contributed by atoms with Crippen LogP contribution >= 0.6 is 0 Å². The Morgan fingerprint density at radius 3 is 2.94 bits per heavy atom. The lowest BCUT2D eigenvalue weighted by molar-refractivity contribution is -0.384. The van der Waals surface area contributed by atoms with Crippen molar-refractivity contribution in [1.82, 2.24) is 0 Å². The maximum atomic E-state index is 10.5. The molecule has 84 valence electrons. The Kier molecular flexibility index (Phi) is 4.80. The van der Waals surface area contributed by atoms with Gasteiger partial charge in [0.05, 0.1) is 23.7 Å². The van der Waals surface area contributed by atoms with Gasteiger partial charge in [0, 0.05) is 12.5 Å². The highest BCUT2D eigenvalue weighted by Gasteiger charge is 2.05. The molecule has 0 saturated heterocycles. The molecule has 1 aromatic rings. The Morgan fingerprint density at radius 1 is 1.44 bits per heavy atom. The van der Waals surface area contributed by atoms with Gasteiger partial charge in [-0.15, -0.1) is 0 Å². The van der Waals surface area contributed by atoms with Gasteiger partial charge in [0.15, 0.2) is 0 Å². The van der Waals surface area contributed by atoms with Gasteiger partial charge in [0.2, 0.25) is 0 Å². The molecule has 0 aliphatic carbocycles. The summed E-state index contributed by atoms with van der Waals surface area (Å²) in [6, 6.07) is 8.12. The first-order valence-electron chi connectivity index (χ1n) is 4.98. The van der Waals surface area contributed by atoms with E-state index in [0.717, 1.165) is 12.8 Å². The summed E-state index contributed by atoms with van der Waals surface area (Å²) in [6.07, 6.45) is 2.07. The van der Waals surface area contributed by atoms with Crippen LogP contribution in [0.5, 0.6) is 5.75 Å². The normalized spacial score (nSPS) is 9.44. The molecule has 1 aromatic carbocycles. The molecule has 0 spiro atoms. The molecule has 0 saturated carbocycles. The molecule has 16 heavy (non-hydrogen) atoms. The molecule has 0 atom stereocenters. The monoisotopic (exact) mass is 220 g/mol. The summed E-state index contributed by atoms with van der Waals surface area (Å²) in [7, 11) is 0. The number of unbranched alkanes of at least 4 members (excludes halogenated alkanes) is 2. The van der Waals surface area contributed by atoms with Crippen LogP contribution < -0.4 is 4.74 Å². The summed E-state index contributed by atoms with van der Waals surface area (Å²) >= 11 is 0. The number of nitro benzene ring substituents is 1. The molecule has 0 aliphatic rings. The van der Waals surface area contributed by atoms with E-state index in [1.165, 1.54) is 12.1 Å². The first-order chi connectivity index (χ1) is 7.74. The van der Waals surface area contributed by atoms with E-state index in [0.29, 0.717) is 18.8 Å². The van der Waals surface area contributed by atoms with Crippen LogP contribution in [0.4, 0.5) is 5.69 Å². The summed E-state index contributed by atoms with van der Waals surface area (Å²) in [4.78, 5) is 10.0. The van der Waals surface area contributed by atoms with Crippen molar-refractivity contribution < 1.29 is 9.66 Å². The zero-order chi connectivity index (χ0) is 11.8. The van der Waals surface area contributed by atoms with Gasteiger partial charge in [-0.2, -0.15) is 5.26 Å². The number of ether oxygens (including phenoxy) is 1. The second-order valence-electron chi connectivity index (χ2n) is 3.22. The van der Waals surface area contributed by atoms with E-state index < -0.39 is 4.92 Å². The first-order valence-corrected chi connectivity index (χ1v) is 4.98. The minimum absolute atomic E-state index is 0.0227. The number of nitrogens with zero attached hydrogens (tertiary/aromatic N) is 2. The number of non-ortho nitro benzene ring substituents is 1. The fourth-order valence-electron chi connectivity index (χ4n) is 1.18. The number of nitro groups is 1. The van der Waals surface area contributed by atoms with Gasteiger partial charge >= 0.3 is 0 Å². The van der Waals surface area contributed by atoms with Gasteiger partial charge in [-0.3, -0.25) is 10.1 Å². The predicted molar refractivity (Wildman–Crippen MR) is 58.1 cm³/mol. The van der Waals surface area contributed by atoms with Crippen LogP contribution in [0.1, 0.15) is 19.3 Å². The maximum Gasteiger partial charge on any atom is 0.273 e. The van der Waals surface area contributed by atoms with E-state index >= 15 is 0 Å². The highest BCUT2D eigenvalue weighted by atomic mass is 16.6. The average Bonchev–Trinajstić information content (AvgIpc) is 2.29. The molecule has 5 heteroatoms. The lowest BCUT2D eigenvalue weighted by Gasteiger charge is -2.04. The summed E-state index contributed by atoms with van der Waals surface area (Å²) < 4.78 is 5.33. The minimum atomic E-state index is -0.456. The second kappa shape index (κ2) is 6.40. The minimum Gasteiger partial charge on any atom is -0.493 e. The number of nitriles is 1. The number of hydrogen-bond acceptors (Lipinski definition) is 4. The topological polar surface area (TPSA) is 76.2 Å². The van der Waals surface area contributed by atoms with Gasteiger partial charge in [0.1, 0.15) is 5.75 Å². The third-order valence-corrected chi connectivity index (χ3v) is 1.98. The molecular weight excluding hydrogens is 208 g/mol. The molecule has 0 N–H and O–H groups in total. The van der Waals surface area contributed by atoms with Crippen LogP contribution in [0.3, 0.4) is 0 Å². The molecule has 0 aromatic heterocycles. The number of rotatable bonds is 6. The molecule has 0 bridgehead atoms. The maximum absolute atomic E-state index is 10.5. The Bertz CT molecular complexity index is 398. The van der Waals surface area contributed by atoms with Crippen LogP contribution in [0.2, 0.25) is 0 Å². The van der Waals surface area contributed by atoms with Gasteiger partial charge < -0.3 is 4.74 Å². The van der Waals surface area contributed by atoms with E-state index in [9.17, 15) is 10.1 Å². The smallest absolute Gasteiger partial charge is 0.273 e. The molecule has 0 radical (unpaired) electrons. The van der Waals surface area contributed by atoms with Crippen molar-refractivity contribution in [3.05, 3.63) is 34.4 Å². The van der Waals surface area contributed by atoms with Gasteiger partial charge in [-0.25, -0.2) is 0 Å². The summed E-state index contributed by atoms with van der Waals surface area (Å²) in [5.41, 5.74) is 0.0227. The van der Waals surface area contributed by atoms with E-state index in [1.807, 2.05) is 6.07 Å². The Hall–Kier alpha value is -2.09. The number of hydrogen-bond donors (Lipinski definition) is 0. The molecule has 1 rings (SSSR count). The molecule has 5 nitrogen and oxygen atoms in total. The van der Waals surface area contributed by atoms with Crippen molar-refractivity contribution >= 4 is 5.69 Å². The van der Waals surface area contributed by atoms with Crippen LogP contribution in [0.25, 0.3) is 0 Å². The molecule has 0 unspecified atom stereocenters. The van der Waals surface area contributed by atoms with Crippen molar-refractivity contribution in [3.63, 3.8) is 0 Å². The first kappa shape index (κ1) is 12.0. The second-order valence-corrected chi connectivity index (χ2v) is 3.22. The molecule has 0 amide bonds. The quantitative estimate of drug-likeness (QED) is 0.419. The zero-order valence-corrected chi connectivity index (χ0v) is 8.76. The van der Waals surface area contributed by atoms with Crippen molar-refractivity contribution in [2.45, 2.75) is 19.3 Å². The zero-order valence-electron chi connectivity index (χ0n) is 8.76. The third-order valence-electron chi connectivity index (χ3n) is 1.98. The largest absolute Gasteiger partial charge is 0.493 e. The van der Waals surface area contributed by atoms with Crippen molar-refractivity contribution in [2.75, 3.05) is 6.61 Å². The Labute approximate surface area is 93.4 Å². The standard InChI is InChI=1S/C11H12N2O3/c12-7-2-1-3-8-16-11-6-4-5-10(9-11)13(14)15/h4-6,9H,1-3,8H2. The van der Waals surface area contributed by atoms with E-state index in [1.54, 1.807) is 12.1 Å². The average molecular weight is 220 g/mol. The SMILES string of the molecule is N#CCCCCOc1cccc([N+](=O)[O-])c1. The third kappa shape index (κ3) is 3.96. The summed E-state index contributed by atoms with van der Waals surface area (Å²) in [6.45, 7) is 0.475. The van der Waals surface area contributed by atoms with E-state index in [-0.39, 0.29) is 5.69 Å². The van der Waals surface area contributed by atoms with Crippen LogP contribution in [-0.2, 0) is 0 Å². The van der Waals surface area contributed by atoms with Gasteiger partial charge in [-0.1, -0.05) is 6.07 Å². The summed E-state index contributed by atoms with van der Waals surface area (Å²) in [5.74, 6) is 0.492. The fraction of sp³-hybridized carbons (Fsp3) is 0.364.